The Bertz CT molecular complexity index is 4390. The van der Waals surface area contributed by atoms with Crippen molar-refractivity contribution in [2.24, 2.45) is 0 Å². The van der Waals surface area contributed by atoms with E-state index in [1.807, 2.05) is 109 Å². The third-order valence-electron chi connectivity index (χ3n) is 18.9. The molecule has 4 aliphatic rings. The summed E-state index contributed by atoms with van der Waals surface area (Å²) in [5.41, 5.74) is 5.72. The van der Waals surface area contributed by atoms with Crippen LogP contribution in [-0.2, 0) is 79.0 Å². The smallest absolute Gasteiger partial charge is 0.407 e. The van der Waals surface area contributed by atoms with Crippen molar-refractivity contribution in [3.05, 3.63) is 218 Å². The van der Waals surface area contributed by atoms with Crippen LogP contribution in [0.2, 0.25) is 5.04 Å². The van der Waals surface area contributed by atoms with Crippen molar-refractivity contribution in [2.45, 2.75) is 108 Å². The van der Waals surface area contributed by atoms with E-state index in [9.17, 15) is 38.7 Å². The third kappa shape index (κ3) is 13.2. The highest BCUT2D eigenvalue weighted by Crippen LogP contribution is 2.47. The standard InChI is InChI=1S/C74H75FN8O13Si/c1-6-74(92)55-33-60-67-52(38-83(60)70(89)54(55)40-93-71(74)90)66-57(31-30-47-43(2)56(75)34-58(81-67)65(47)66)82-69(88)61(41-96-97(73(3,4)5,45-22-12-8-13-23-45)46-24-14-9-15-25-46)95-42-79-63(85)35-77-68(87)59(32-44-20-10-7-11-21-44)80-64(86)37-76-62(84)36-78-72(91)94-39-53-50-28-18-16-26-48(50)49-27-17-19-29-51(49)53/h7-29,33-34,53,57,59,61,92H,6,30-32,35-42H2,1-5H3,(H,76,84)(H,77,87)(H,78,91)(H,79,85)(H,80,86)(H,82,88)/t57-,59-,61+,74-/m0/s1. The van der Waals surface area contributed by atoms with Crippen LogP contribution < -0.4 is 47.8 Å². The maximum Gasteiger partial charge on any atom is 0.407 e. The van der Waals surface area contributed by atoms with Gasteiger partial charge in [-0.15, -0.1) is 0 Å². The van der Waals surface area contributed by atoms with Crippen LogP contribution in [-0.4, -0.2) is 116 Å². The summed E-state index contributed by atoms with van der Waals surface area (Å²) in [5, 5.41) is 29.6. The minimum Gasteiger partial charge on any atom is -0.458 e. The second-order valence-corrected chi connectivity index (χ2v) is 30.1. The first kappa shape index (κ1) is 66.8. The Morgan fingerprint density at radius 1 is 0.753 bits per heavy atom. The molecule has 0 fully saturated rings. The lowest BCUT2D eigenvalue weighted by molar-refractivity contribution is -0.172. The molecule has 2 aromatic heterocycles. The van der Waals surface area contributed by atoms with Crippen molar-refractivity contribution in [1.82, 2.24) is 41.5 Å². The van der Waals surface area contributed by atoms with Gasteiger partial charge >= 0.3 is 12.1 Å². The molecule has 8 aromatic rings. The van der Waals surface area contributed by atoms with Gasteiger partial charge in [0.15, 0.2) is 11.7 Å². The highest BCUT2D eigenvalue weighted by Gasteiger charge is 2.51. The van der Waals surface area contributed by atoms with Crippen molar-refractivity contribution in [3.8, 4) is 22.5 Å². The first-order valence-corrected chi connectivity index (χ1v) is 34.3. The maximum atomic E-state index is 15.9. The number of carbonyl (C=O) groups excluding carboxylic acids is 7. The molecule has 2 aliphatic carbocycles. The van der Waals surface area contributed by atoms with Gasteiger partial charge in [0.1, 0.15) is 38.3 Å². The van der Waals surface area contributed by atoms with Gasteiger partial charge in [0.05, 0.1) is 54.8 Å². The average molecular weight is 1330 g/mol. The van der Waals surface area contributed by atoms with Gasteiger partial charge < -0.3 is 60.2 Å². The number of ether oxygens (including phenoxy) is 3. The number of benzene rings is 6. The Morgan fingerprint density at radius 2 is 1.36 bits per heavy atom. The fourth-order valence-electron chi connectivity index (χ4n) is 14.0. The fraction of sp³-hybridized carbons (Fsp3) is 0.311. The van der Waals surface area contributed by atoms with Gasteiger partial charge in [-0.2, -0.15) is 0 Å². The molecule has 0 saturated carbocycles. The SMILES string of the molecule is CC[C@@]1(O)C(=O)OCc2c1cc1n(c2=O)Cc2c-1nc1cc(F)c(C)c3c1c2[C@@H](NC(=O)[C@@H](CO[Si](c1ccccc1)(c1ccccc1)C(C)(C)C)OCNC(=O)CNC(=O)[C@H](Cc1ccccc1)NC(=O)CNC(=O)CNC(=O)OCC1c2ccccc2-c2ccccc21)CC3. The number of hydrogen-bond donors (Lipinski definition) is 7. The number of carbonyl (C=O) groups is 7. The normalized spacial score (nSPS) is 16.4. The summed E-state index contributed by atoms with van der Waals surface area (Å²) in [5.74, 6) is -5.05. The highest BCUT2D eigenvalue weighted by atomic mass is 28.4. The Morgan fingerprint density at radius 3 is 2.01 bits per heavy atom. The average Bonchev–Trinajstić information content (AvgIpc) is 1.62. The number of fused-ring (bicyclic) bond motifs is 8. The molecule has 0 unspecified atom stereocenters. The Hall–Kier alpha value is -10.2. The Balaban J connectivity index is 0.738. The van der Waals surface area contributed by atoms with Crippen LogP contribution in [0, 0.1) is 12.7 Å². The fourth-order valence-corrected chi connectivity index (χ4v) is 18.6. The second-order valence-electron chi connectivity index (χ2n) is 25.8. The number of amides is 6. The molecule has 500 valence electrons. The molecular weight excluding hydrogens is 1260 g/mol. The lowest BCUT2D eigenvalue weighted by atomic mass is 9.81. The van der Waals surface area contributed by atoms with Gasteiger partial charge in [-0.25, -0.2) is 19.0 Å². The summed E-state index contributed by atoms with van der Waals surface area (Å²) in [6.07, 6.45) is -1.67. The zero-order valence-corrected chi connectivity index (χ0v) is 55.3. The molecule has 0 radical (unpaired) electrons. The number of alkyl carbamates (subject to hydrolysis) is 1. The number of aryl methyl sites for hydroxylation is 1. The summed E-state index contributed by atoms with van der Waals surface area (Å²) in [6, 6.07) is 45.1. The molecule has 23 heteroatoms. The van der Waals surface area contributed by atoms with Crippen LogP contribution in [0.1, 0.15) is 103 Å². The van der Waals surface area contributed by atoms with E-state index in [-0.39, 0.29) is 68.2 Å². The molecule has 4 heterocycles. The maximum absolute atomic E-state index is 15.9. The number of aromatic nitrogens is 2. The van der Waals surface area contributed by atoms with E-state index in [4.69, 9.17) is 23.6 Å². The molecule has 7 N–H and O–H groups in total. The molecule has 6 aromatic carbocycles. The molecule has 0 bridgehead atoms. The van der Waals surface area contributed by atoms with Crippen LogP contribution >= 0.6 is 0 Å². The van der Waals surface area contributed by atoms with Crippen LogP contribution in [0.3, 0.4) is 0 Å². The van der Waals surface area contributed by atoms with Crippen molar-refractivity contribution in [2.75, 3.05) is 39.6 Å². The van der Waals surface area contributed by atoms with E-state index >= 15 is 9.18 Å². The number of pyridine rings is 2. The summed E-state index contributed by atoms with van der Waals surface area (Å²) >= 11 is 0. The van der Waals surface area contributed by atoms with Gasteiger partial charge in [-0.3, -0.25) is 28.8 Å². The van der Waals surface area contributed by atoms with Gasteiger partial charge in [0.2, 0.25) is 23.6 Å². The summed E-state index contributed by atoms with van der Waals surface area (Å²) in [7, 11) is -3.36. The number of cyclic esters (lactones) is 1. The van der Waals surface area contributed by atoms with E-state index in [0.29, 0.717) is 51.0 Å². The summed E-state index contributed by atoms with van der Waals surface area (Å²) in [4.78, 5) is 115. The van der Waals surface area contributed by atoms with Crippen molar-refractivity contribution in [3.63, 3.8) is 0 Å². The Labute approximate surface area is 560 Å². The predicted molar refractivity (Wildman–Crippen MR) is 361 cm³/mol. The Kier molecular flexibility index (Phi) is 19.2. The first-order chi connectivity index (χ1) is 46.7. The van der Waals surface area contributed by atoms with Crippen LogP contribution in [0.4, 0.5) is 9.18 Å². The molecule has 4 atom stereocenters. The third-order valence-corrected chi connectivity index (χ3v) is 24.0. The number of aliphatic hydroxyl groups is 1. The largest absolute Gasteiger partial charge is 0.458 e. The molecule has 6 amide bonds. The summed E-state index contributed by atoms with van der Waals surface area (Å²) < 4.78 is 42.0. The zero-order valence-electron chi connectivity index (χ0n) is 54.3. The van der Waals surface area contributed by atoms with Gasteiger partial charge in [-0.1, -0.05) is 167 Å². The van der Waals surface area contributed by atoms with Crippen LogP contribution in [0.5, 0.6) is 0 Å². The molecule has 0 spiro atoms. The first-order valence-electron chi connectivity index (χ1n) is 32.4. The van der Waals surface area contributed by atoms with Crippen molar-refractivity contribution < 1.29 is 61.7 Å². The quantitative estimate of drug-likeness (QED) is 0.0215. The van der Waals surface area contributed by atoms with E-state index in [2.05, 4.69) is 52.7 Å². The monoisotopic (exact) mass is 1330 g/mol. The minimum atomic E-state index is -3.36. The molecule has 2 aliphatic heterocycles. The molecule has 12 rings (SSSR count). The number of rotatable bonds is 23. The lowest BCUT2D eigenvalue weighted by Crippen LogP contribution is -2.67. The number of hydrogen-bond acceptors (Lipinski definition) is 14. The highest BCUT2D eigenvalue weighted by molar-refractivity contribution is 6.99. The second kappa shape index (κ2) is 27.9. The molecule has 0 saturated heterocycles. The van der Waals surface area contributed by atoms with Crippen LogP contribution in [0.25, 0.3) is 33.4 Å². The topological polar surface area (TPSA) is 284 Å². The molecule has 97 heavy (non-hydrogen) atoms. The minimum absolute atomic E-state index is 0.000128. The lowest BCUT2D eigenvalue weighted by Gasteiger charge is -2.43. The van der Waals surface area contributed by atoms with Gasteiger partial charge in [0.25, 0.3) is 19.8 Å². The van der Waals surface area contributed by atoms with E-state index in [0.717, 1.165) is 32.6 Å². The number of halogens is 1. The van der Waals surface area contributed by atoms with Gasteiger partial charge in [-0.05, 0) is 92.2 Å². The predicted octanol–water partition coefficient (Wildman–Crippen LogP) is 6.16. The molecule has 21 nitrogen and oxygen atoms in total. The van der Waals surface area contributed by atoms with E-state index in [1.54, 1.807) is 50.2 Å². The van der Waals surface area contributed by atoms with E-state index < -0.39 is 116 Å². The number of nitrogens with zero attached hydrogens (tertiary/aromatic N) is 2. The van der Waals surface area contributed by atoms with E-state index in [1.165, 1.54) is 10.6 Å². The van der Waals surface area contributed by atoms with Crippen molar-refractivity contribution in [1.29, 1.82) is 0 Å². The van der Waals surface area contributed by atoms with Crippen molar-refractivity contribution >= 4 is 71.2 Å². The number of esters is 1. The zero-order chi connectivity index (χ0) is 68.3. The number of nitrogens with one attached hydrogen (secondary N) is 6. The molecular formula is C74H75FN8O13Si. The van der Waals surface area contributed by atoms with Gasteiger partial charge in [0, 0.05) is 34.9 Å². The summed E-state index contributed by atoms with van der Waals surface area (Å²) in [6.45, 7) is 6.75. The van der Waals surface area contributed by atoms with Crippen LogP contribution in [0.15, 0.2) is 156 Å².